The van der Waals surface area contributed by atoms with E-state index in [1.165, 1.54) is 21.6 Å². The van der Waals surface area contributed by atoms with Crippen molar-refractivity contribution in [2.45, 2.75) is 13.3 Å². The molecule has 0 aliphatic rings. The van der Waals surface area contributed by atoms with Gasteiger partial charge in [0.15, 0.2) is 0 Å². The minimum Gasteiger partial charge on any atom is -0.330 e. The van der Waals surface area contributed by atoms with Gasteiger partial charge in [-0.05, 0) is 6.42 Å². The second-order valence-electron chi connectivity index (χ2n) is 1.20. The summed E-state index contributed by atoms with van der Waals surface area (Å²) in [6.45, 7) is 0.162. The van der Waals surface area contributed by atoms with Gasteiger partial charge in [-0.25, -0.2) is 0 Å². The molecule has 2 N–H and O–H groups in total. The molecule has 0 saturated heterocycles. The molecule has 8 heavy (non-hydrogen) atoms. The van der Waals surface area contributed by atoms with Crippen LogP contribution in [0.25, 0.3) is 0 Å². The van der Waals surface area contributed by atoms with Gasteiger partial charge in [0.1, 0.15) is 0 Å². The van der Waals surface area contributed by atoms with Crippen molar-refractivity contribution in [3.63, 3.8) is 0 Å². The fraction of sp³-hybridized carbons (Fsp3) is 1.00. The number of hydrogen-bond donors (Lipinski definition) is 1. The molecule has 0 heterocycles. The van der Waals surface area contributed by atoms with Gasteiger partial charge in [-0.2, -0.15) is 0 Å². The van der Waals surface area contributed by atoms with Crippen molar-refractivity contribution in [2.75, 3.05) is 18.0 Å². The first-order valence-corrected chi connectivity index (χ1v) is 4.86. The number of rotatable bonds is 5. The van der Waals surface area contributed by atoms with Crippen molar-refractivity contribution in [1.82, 2.24) is 0 Å². The van der Waals surface area contributed by atoms with Gasteiger partial charge in [0.05, 0.1) is 0 Å². The molecule has 0 rings (SSSR count). The Hall–Kier alpha value is 0.660. The zero-order valence-corrected chi connectivity index (χ0v) is 6.52. The predicted octanol–water partition coefficient (Wildman–Crippen LogP) is 1.74. The van der Waals surface area contributed by atoms with Crippen LogP contribution in [0.2, 0.25) is 0 Å². The first-order valence-electron chi connectivity index (χ1n) is 4.05. The normalized spacial score (nSPS) is 21.0. The summed E-state index contributed by atoms with van der Waals surface area (Å²) >= 11 is 0. The average molecular weight is 154 g/mol. The summed E-state index contributed by atoms with van der Waals surface area (Å²) in [5.74, 6) is 0.941. The molecular weight excluding hydrogens is 138 g/mol. The third kappa shape index (κ3) is 6.66. The number of hydrogen-bond acceptors (Lipinski definition) is 3. The third-order valence-corrected chi connectivity index (χ3v) is 2.61. The van der Waals surface area contributed by atoms with Gasteiger partial charge < -0.3 is 5.73 Å². The van der Waals surface area contributed by atoms with E-state index in [2.05, 4.69) is 0 Å². The smallest absolute Gasteiger partial charge is 0.0434 e. The van der Waals surface area contributed by atoms with Crippen molar-refractivity contribution < 1.29 is 4.11 Å². The fourth-order valence-electron chi connectivity index (χ4n) is 0.193. The Morgan fingerprint density at radius 3 is 2.88 bits per heavy atom. The van der Waals surface area contributed by atoms with Crippen molar-refractivity contribution in [3.05, 3.63) is 0 Å². The third-order valence-electron chi connectivity index (χ3n) is 0.472. The van der Waals surface area contributed by atoms with E-state index in [0.717, 1.165) is 12.2 Å². The lowest BCUT2D eigenvalue weighted by molar-refractivity contribution is 1.11. The quantitative estimate of drug-likeness (QED) is 0.482. The van der Waals surface area contributed by atoms with E-state index < -0.39 is 12.2 Å². The van der Waals surface area contributed by atoms with Gasteiger partial charge in [0, 0.05) is 22.1 Å². The van der Waals surface area contributed by atoms with Crippen molar-refractivity contribution in [3.8, 4) is 0 Å². The lowest BCUT2D eigenvalue weighted by Crippen LogP contribution is -1.99. The SMILES string of the molecule is [2H]C(SSCCC)C([2H])([2H])N. The first-order chi connectivity index (χ1) is 4.98. The van der Waals surface area contributed by atoms with Crippen LogP contribution in [0.15, 0.2) is 0 Å². The van der Waals surface area contributed by atoms with Gasteiger partial charge in [-0.1, -0.05) is 28.5 Å². The molecule has 0 bridgehead atoms. The molecule has 0 radical (unpaired) electrons. The molecule has 50 valence electrons. The van der Waals surface area contributed by atoms with E-state index in [0.29, 0.717) is 0 Å². The molecule has 0 aliphatic heterocycles. The highest BCUT2D eigenvalue weighted by Crippen LogP contribution is 2.20. The van der Waals surface area contributed by atoms with Gasteiger partial charge in [0.2, 0.25) is 0 Å². The average Bonchev–Trinajstić information content (AvgIpc) is 1.86. The Kier molecular flexibility index (Phi) is 4.28. The Bertz CT molecular complexity index is 106. The van der Waals surface area contributed by atoms with Crippen LogP contribution in [-0.2, 0) is 0 Å². The van der Waals surface area contributed by atoms with Crippen LogP contribution in [0.4, 0.5) is 0 Å². The van der Waals surface area contributed by atoms with E-state index in [9.17, 15) is 0 Å². The molecule has 0 fully saturated rings. The molecule has 1 unspecified atom stereocenters. The summed E-state index contributed by atoms with van der Waals surface area (Å²) in [5, 5.41) is 0. The van der Waals surface area contributed by atoms with Crippen LogP contribution in [0.5, 0.6) is 0 Å². The summed E-state index contributed by atoms with van der Waals surface area (Å²) in [5.41, 5.74) is 4.18. The van der Waals surface area contributed by atoms with Crippen LogP contribution >= 0.6 is 21.6 Å². The monoisotopic (exact) mass is 154 g/mol. The van der Waals surface area contributed by atoms with Gasteiger partial charge >= 0.3 is 0 Å². The molecule has 1 atom stereocenters. The molecule has 0 spiro atoms. The zero-order valence-electron chi connectivity index (χ0n) is 7.89. The Morgan fingerprint density at radius 1 is 1.62 bits per heavy atom. The highest BCUT2D eigenvalue weighted by atomic mass is 33.1. The molecule has 0 saturated carbocycles. The largest absolute Gasteiger partial charge is 0.330 e. The maximum Gasteiger partial charge on any atom is 0.0434 e. The summed E-state index contributed by atoms with van der Waals surface area (Å²) in [6.07, 6.45) is 1.04. The molecule has 0 aliphatic carbocycles. The molecule has 0 aromatic rings. The Morgan fingerprint density at radius 2 is 2.38 bits per heavy atom. The molecule has 0 aromatic carbocycles. The maximum absolute atomic E-state index is 7.24. The Balaban J connectivity index is 3.44. The van der Waals surface area contributed by atoms with Crippen molar-refractivity contribution in [1.29, 1.82) is 0 Å². The van der Waals surface area contributed by atoms with E-state index >= 15 is 0 Å². The second-order valence-corrected chi connectivity index (χ2v) is 3.56. The van der Waals surface area contributed by atoms with E-state index in [1.54, 1.807) is 0 Å². The van der Waals surface area contributed by atoms with E-state index in [-0.39, 0.29) is 0 Å². The lowest BCUT2D eigenvalue weighted by atomic mass is 10.6. The van der Waals surface area contributed by atoms with Crippen LogP contribution in [0, 0.1) is 0 Å². The second kappa shape index (κ2) is 7.66. The van der Waals surface area contributed by atoms with Gasteiger partial charge in [-0.3, -0.25) is 0 Å². The van der Waals surface area contributed by atoms with E-state index in [1.807, 2.05) is 6.92 Å². The van der Waals surface area contributed by atoms with Crippen molar-refractivity contribution in [2.24, 2.45) is 5.73 Å². The fourth-order valence-corrected chi connectivity index (χ4v) is 1.74. The van der Waals surface area contributed by atoms with Gasteiger partial charge in [0.25, 0.3) is 0 Å². The highest BCUT2D eigenvalue weighted by molar-refractivity contribution is 8.76. The number of nitrogens with two attached hydrogens (primary N) is 1. The summed E-state index contributed by atoms with van der Waals surface area (Å²) in [6, 6.07) is 0. The summed E-state index contributed by atoms with van der Waals surface area (Å²) in [7, 11) is 2.69. The first kappa shape index (κ1) is 4.47. The molecule has 3 heteroatoms. The molecule has 1 nitrogen and oxygen atoms in total. The standard InChI is InChI=1S/C5H13NS2/c1-2-4-7-8-5-3-6/h2-6H2,1H3/i3D2,5D. The lowest BCUT2D eigenvalue weighted by Gasteiger charge is -1.93. The van der Waals surface area contributed by atoms with Crippen LogP contribution in [0.3, 0.4) is 0 Å². The summed E-state index contributed by atoms with van der Waals surface area (Å²) < 4.78 is 21.2. The molecular formula is C5H13NS2. The van der Waals surface area contributed by atoms with Gasteiger partial charge in [-0.15, -0.1) is 0 Å². The van der Waals surface area contributed by atoms with Crippen molar-refractivity contribution >= 4 is 21.6 Å². The maximum atomic E-state index is 7.24. The van der Waals surface area contributed by atoms with E-state index in [4.69, 9.17) is 9.85 Å². The topological polar surface area (TPSA) is 26.0 Å². The van der Waals surface area contributed by atoms with Crippen LogP contribution in [0.1, 0.15) is 17.5 Å². The Labute approximate surface area is 63.4 Å². The minimum absolute atomic E-state index is 0.890. The predicted molar refractivity (Wildman–Crippen MR) is 44.3 cm³/mol. The zero-order chi connectivity index (χ0) is 8.91. The van der Waals surface area contributed by atoms with Crippen LogP contribution in [-0.4, -0.2) is 18.0 Å². The van der Waals surface area contributed by atoms with Crippen LogP contribution < -0.4 is 5.73 Å². The molecule has 0 aromatic heterocycles. The minimum atomic E-state index is -1.88. The highest BCUT2D eigenvalue weighted by Gasteiger charge is 1.83. The summed E-state index contributed by atoms with van der Waals surface area (Å²) in [4.78, 5) is 0. The molecule has 0 amide bonds.